The van der Waals surface area contributed by atoms with Crippen molar-refractivity contribution in [2.45, 2.75) is 39.5 Å². The molecule has 1 aromatic rings. The number of hydrogen-bond acceptors (Lipinski definition) is 2. The van der Waals surface area contributed by atoms with Gasteiger partial charge in [-0.25, -0.2) is 0 Å². The second kappa shape index (κ2) is 5.65. The van der Waals surface area contributed by atoms with Gasteiger partial charge in [-0.2, -0.15) is 0 Å². The first-order valence-corrected chi connectivity index (χ1v) is 7.16. The van der Waals surface area contributed by atoms with Gasteiger partial charge in [0.15, 0.2) is 5.78 Å². The zero-order valence-corrected chi connectivity index (χ0v) is 12.5. The minimum atomic E-state index is -0.764. The van der Waals surface area contributed by atoms with Crippen molar-refractivity contribution >= 4 is 23.2 Å². The van der Waals surface area contributed by atoms with Gasteiger partial charge in [0.25, 0.3) is 0 Å². The van der Waals surface area contributed by atoms with Crippen molar-refractivity contribution < 1.29 is 14.0 Å². The second-order valence-corrected chi connectivity index (χ2v) is 6.09. The summed E-state index contributed by atoms with van der Waals surface area (Å²) in [6, 6.07) is 3.59. The Morgan fingerprint density at radius 3 is 2.70 bits per heavy atom. The molecule has 20 heavy (non-hydrogen) atoms. The minimum Gasteiger partial charge on any atom is -0.300 e. The van der Waals surface area contributed by atoms with E-state index in [0.717, 1.165) is 11.1 Å². The summed E-state index contributed by atoms with van der Waals surface area (Å²) < 4.78 is 12.9. The number of ketones is 2. The van der Waals surface area contributed by atoms with Gasteiger partial charge in [0.05, 0.1) is 6.67 Å². The normalized spacial score (nSPS) is 21.1. The van der Waals surface area contributed by atoms with E-state index in [9.17, 15) is 14.0 Å². The van der Waals surface area contributed by atoms with Crippen LogP contribution in [-0.4, -0.2) is 18.2 Å². The van der Waals surface area contributed by atoms with E-state index in [1.54, 1.807) is 6.07 Å². The van der Waals surface area contributed by atoms with Gasteiger partial charge in [-0.15, -0.1) is 0 Å². The largest absolute Gasteiger partial charge is 0.300 e. The first-order valence-electron chi connectivity index (χ1n) is 6.79. The van der Waals surface area contributed by atoms with E-state index < -0.39 is 12.1 Å². The maximum atomic E-state index is 12.9. The first kappa shape index (κ1) is 15.2. The second-order valence-electron chi connectivity index (χ2n) is 5.69. The minimum absolute atomic E-state index is 0.0289. The summed E-state index contributed by atoms with van der Waals surface area (Å²) >= 11 is 6.07. The van der Waals surface area contributed by atoms with Crippen LogP contribution in [0.5, 0.6) is 0 Å². The highest BCUT2D eigenvalue weighted by atomic mass is 35.5. The Morgan fingerprint density at radius 1 is 1.40 bits per heavy atom. The Balaban J connectivity index is 2.37. The molecule has 0 saturated heterocycles. The zero-order chi connectivity index (χ0) is 14.9. The SMILES string of the molecule is CC(=O)CCC1(CCF)Cc2cc(C)c(Cl)cc2C1=O. The Morgan fingerprint density at radius 2 is 2.10 bits per heavy atom. The van der Waals surface area contributed by atoms with Crippen molar-refractivity contribution in [3.05, 3.63) is 33.8 Å². The number of benzene rings is 1. The molecule has 0 amide bonds. The lowest BCUT2D eigenvalue weighted by Crippen LogP contribution is -2.29. The molecule has 0 aromatic heterocycles. The van der Waals surface area contributed by atoms with E-state index in [0.29, 0.717) is 29.8 Å². The lowest BCUT2D eigenvalue weighted by Gasteiger charge is -2.25. The van der Waals surface area contributed by atoms with Crippen LogP contribution in [0.2, 0.25) is 5.02 Å². The molecule has 0 saturated carbocycles. The molecule has 1 aliphatic carbocycles. The highest BCUT2D eigenvalue weighted by Gasteiger charge is 2.45. The van der Waals surface area contributed by atoms with Crippen LogP contribution in [-0.2, 0) is 11.2 Å². The van der Waals surface area contributed by atoms with Gasteiger partial charge in [-0.05, 0) is 50.3 Å². The van der Waals surface area contributed by atoms with Gasteiger partial charge in [-0.1, -0.05) is 17.7 Å². The zero-order valence-electron chi connectivity index (χ0n) is 11.8. The van der Waals surface area contributed by atoms with Crippen LogP contribution in [0.25, 0.3) is 0 Å². The topological polar surface area (TPSA) is 34.1 Å². The Hall–Kier alpha value is -1.22. The summed E-state index contributed by atoms with van der Waals surface area (Å²) in [6.07, 6.45) is 1.41. The fourth-order valence-corrected chi connectivity index (χ4v) is 3.12. The summed E-state index contributed by atoms with van der Waals surface area (Å²) in [5.74, 6) is -0.0329. The van der Waals surface area contributed by atoms with Crippen molar-refractivity contribution in [3.8, 4) is 0 Å². The molecule has 1 unspecified atom stereocenters. The molecule has 0 radical (unpaired) electrons. The van der Waals surface area contributed by atoms with E-state index in [2.05, 4.69) is 0 Å². The average Bonchev–Trinajstić information content (AvgIpc) is 2.63. The first-order chi connectivity index (χ1) is 9.39. The van der Waals surface area contributed by atoms with Crippen LogP contribution in [0.3, 0.4) is 0 Å². The van der Waals surface area contributed by atoms with E-state index >= 15 is 0 Å². The van der Waals surface area contributed by atoms with Gasteiger partial charge >= 0.3 is 0 Å². The number of hydrogen-bond donors (Lipinski definition) is 0. The van der Waals surface area contributed by atoms with E-state index in [1.165, 1.54) is 6.92 Å². The highest BCUT2D eigenvalue weighted by Crippen LogP contribution is 2.44. The number of halogens is 2. The monoisotopic (exact) mass is 296 g/mol. The van der Waals surface area contributed by atoms with Gasteiger partial charge in [0, 0.05) is 22.4 Å². The average molecular weight is 297 g/mol. The number of carbonyl (C=O) groups is 2. The predicted octanol–water partition coefficient (Wildman–Crippen LogP) is 4.10. The van der Waals surface area contributed by atoms with Crippen LogP contribution < -0.4 is 0 Å². The molecule has 2 nitrogen and oxygen atoms in total. The number of rotatable bonds is 5. The van der Waals surface area contributed by atoms with Crippen molar-refractivity contribution in [3.63, 3.8) is 0 Å². The Labute approximate surface area is 123 Å². The van der Waals surface area contributed by atoms with E-state index in [1.807, 2.05) is 13.0 Å². The molecule has 0 bridgehead atoms. The lowest BCUT2D eigenvalue weighted by atomic mass is 9.76. The number of alkyl halides is 1. The van der Waals surface area contributed by atoms with Gasteiger partial charge in [0.1, 0.15) is 5.78 Å². The molecular weight excluding hydrogens is 279 g/mol. The summed E-state index contributed by atoms with van der Waals surface area (Å²) in [6.45, 7) is 2.83. The van der Waals surface area contributed by atoms with Crippen molar-refractivity contribution in [2.24, 2.45) is 5.41 Å². The quantitative estimate of drug-likeness (QED) is 0.819. The van der Waals surface area contributed by atoms with E-state index in [4.69, 9.17) is 11.6 Å². The molecular formula is C16H18ClFO2. The fourth-order valence-electron chi connectivity index (χ4n) is 2.95. The molecule has 4 heteroatoms. The van der Waals surface area contributed by atoms with Crippen LogP contribution in [0.15, 0.2) is 12.1 Å². The predicted molar refractivity (Wildman–Crippen MR) is 77.2 cm³/mol. The molecule has 1 aliphatic rings. The molecule has 0 heterocycles. The van der Waals surface area contributed by atoms with Gasteiger partial charge in [-0.3, -0.25) is 9.18 Å². The number of fused-ring (bicyclic) bond motifs is 1. The standard InChI is InChI=1S/C16H18ClFO2/c1-10-7-12-9-16(5-6-18,4-3-11(2)19)15(20)13(12)8-14(10)17/h7-8H,3-6,9H2,1-2H3. The Bertz CT molecular complexity index is 568. The van der Waals surface area contributed by atoms with Crippen molar-refractivity contribution in [1.82, 2.24) is 0 Å². The maximum absolute atomic E-state index is 12.9. The number of Topliss-reactive ketones (excluding diaryl/α,β-unsaturated/α-hetero) is 2. The van der Waals surface area contributed by atoms with Crippen LogP contribution >= 0.6 is 11.6 Å². The summed E-state index contributed by atoms with van der Waals surface area (Å²) in [5.41, 5.74) is 1.67. The van der Waals surface area contributed by atoms with Gasteiger partial charge < -0.3 is 4.79 Å². The summed E-state index contributed by atoms with van der Waals surface area (Å²) in [7, 11) is 0. The molecule has 2 rings (SSSR count). The summed E-state index contributed by atoms with van der Waals surface area (Å²) in [4.78, 5) is 23.9. The molecule has 1 aromatic carbocycles. The van der Waals surface area contributed by atoms with Crippen LogP contribution in [0.1, 0.15) is 47.7 Å². The number of aryl methyl sites for hydroxylation is 1. The maximum Gasteiger partial charge on any atom is 0.169 e. The molecule has 108 valence electrons. The smallest absolute Gasteiger partial charge is 0.169 e. The Kier molecular flexibility index (Phi) is 4.28. The van der Waals surface area contributed by atoms with E-state index in [-0.39, 0.29) is 18.0 Å². The molecule has 1 atom stereocenters. The number of carbonyl (C=O) groups excluding carboxylic acids is 2. The molecule has 0 fully saturated rings. The van der Waals surface area contributed by atoms with Crippen LogP contribution in [0.4, 0.5) is 4.39 Å². The van der Waals surface area contributed by atoms with Crippen molar-refractivity contribution in [1.29, 1.82) is 0 Å². The summed E-state index contributed by atoms with van der Waals surface area (Å²) in [5, 5.41) is 0.555. The highest BCUT2D eigenvalue weighted by molar-refractivity contribution is 6.32. The van der Waals surface area contributed by atoms with Gasteiger partial charge in [0.2, 0.25) is 0 Å². The molecule has 0 N–H and O–H groups in total. The molecule has 0 aliphatic heterocycles. The molecule has 0 spiro atoms. The van der Waals surface area contributed by atoms with Crippen molar-refractivity contribution in [2.75, 3.05) is 6.67 Å². The third kappa shape index (κ3) is 2.64. The fraction of sp³-hybridized carbons (Fsp3) is 0.500. The third-order valence-electron chi connectivity index (χ3n) is 4.17. The third-order valence-corrected chi connectivity index (χ3v) is 4.58. The lowest BCUT2D eigenvalue weighted by molar-refractivity contribution is -0.117. The van der Waals surface area contributed by atoms with Crippen LogP contribution in [0, 0.1) is 12.3 Å².